The number of benzene rings is 1. The lowest BCUT2D eigenvalue weighted by Gasteiger charge is -2.20. The van der Waals surface area contributed by atoms with E-state index in [0.717, 1.165) is 26.2 Å². The minimum Gasteiger partial charge on any atom is -0.384 e. The highest BCUT2D eigenvalue weighted by Crippen LogP contribution is 2.42. The number of rotatable bonds is 0. The van der Waals surface area contributed by atoms with Crippen LogP contribution < -0.4 is 5.32 Å². The molecule has 0 saturated carbocycles. The molecule has 0 amide bonds. The van der Waals surface area contributed by atoms with Crippen molar-refractivity contribution in [3.8, 4) is 0 Å². The summed E-state index contributed by atoms with van der Waals surface area (Å²) < 4.78 is 5.54. The predicted molar refractivity (Wildman–Crippen MR) is 56.8 cm³/mol. The largest absolute Gasteiger partial charge is 0.384 e. The molecule has 2 aliphatic rings. The van der Waals surface area contributed by atoms with Gasteiger partial charge in [0.1, 0.15) is 0 Å². The summed E-state index contributed by atoms with van der Waals surface area (Å²) in [7, 11) is 0. The molecule has 1 unspecified atom stereocenters. The smallest absolute Gasteiger partial charge is 0.0581 e. The summed E-state index contributed by atoms with van der Waals surface area (Å²) in [5.74, 6) is 0. The topological polar surface area (TPSA) is 21.3 Å². The van der Waals surface area contributed by atoms with Crippen molar-refractivity contribution in [2.75, 3.05) is 25.1 Å². The van der Waals surface area contributed by atoms with Crippen molar-refractivity contribution in [1.29, 1.82) is 0 Å². The van der Waals surface area contributed by atoms with Crippen LogP contribution in [0.5, 0.6) is 0 Å². The summed E-state index contributed by atoms with van der Waals surface area (Å²) in [4.78, 5) is 0. The number of aryl methyl sites for hydroxylation is 1. The third-order valence-corrected chi connectivity index (χ3v) is 3.47. The van der Waals surface area contributed by atoms with Gasteiger partial charge in [0.2, 0.25) is 0 Å². The highest BCUT2D eigenvalue weighted by Gasteiger charge is 2.41. The zero-order chi connectivity index (χ0) is 9.60. The Morgan fingerprint density at radius 1 is 1.43 bits per heavy atom. The fourth-order valence-corrected chi connectivity index (χ4v) is 2.57. The van der Waals surface area contributed by atoms with Crippen LogP contribution in [0.25, 0.3) is 0 Å². The maximum absolute atomic E-state index is 5.54. The van der Waals surface area contributed by atoms with E-state index < -0.39 is 0 Å². The van der Waals surface area contributed by atoms with E-state index in [9.17, 15) is 0 Å². The van der Waals surface area contributed by atoms with Crippen LogP contribution in [-0.2, 0) is 10.2 Å². The van der Waals surface area contributed by atoms with Crippen LogP contribution in [0.2, 0.25) is 0 Å². The molecule has 1 spiro atoms. The van der Waals surface area contributed by atoms with Gasteiger partial charge < -0.3 is 10.1 Å². The summed E-state index contributed by atoms with van der Waals surface area (Å²) in [6.07, 6.45) is 1.16. The number of hydrogen-bond acceptors (Lipinski definition) is 2. The Kier molecular flexibility index (Phi) is 1.62. The molecule has 2 heterocycles. The van der Waals surface area contributed by atoms with E-state index in [-0.39, 0.29) is 5.41 Å². The minimum absolute atomic E-state index is 0.279. The Morgan fingerprint density at radius 2 is 2.36 bits per heavy atom. The Balaban J connectivity index is 2.12. The van der Waals surface area contributed by atoms with E-state index in [1.807, 2.05) is 0 Å². The molecule has 1 aromatic rings. The fourth-order valence-electron chi connectivity index (χ4n) is 2.57. The number of anilines is 1. The summed E-state index contributed by atoms with van der Waals surface area (Å²) in [6, 6.07) is 6.67. The number of nitrogens with one attached hydrogen (secondary N) is 1. The van der Waals surface area contributed by atoms with Gasteiger partial charge in [-0.25, -0.2) is 0 Å². The second-order valence-corrected chi connectivity index (χ2v) is 4.49. The molecule has 1 fully saturated rings. The van der Waals surface area contributed by atoms with E-state index >= 15 is 0 Å². The Labute approximate surface area is 84.3 Å². The zero-order valence-electron chi connectivity index (χ0n) is 8.47. The fraction of sp³-hybridized carbons (Fsp3) is 0.500. The van der Waals surface area contributed by atoms with E-state index in [1.165, 1.54) is 16.8 Å². The Bertz CT molecular complexity index is 367. The van der Waals surface area contributed by atoms with E-state index in [4.69, 9.17) is 4.74 Å². The van der Waals surface area contributed by atoms with Crippen molar-refractivity contribution in [3.05, 3.63) is 29.3 Å². The number of fused-ring (bicyclic) bond motifs is 2. The highest BCUT2D eigenvalue weighted by molar-refractivity contribution is 5.61. The molecule has 0 aliphatic carbocycles. The van der Waals surface area contributed by atoms with Gasteiger partial charge in [0, 0.05) is 24.3 Å². The van der Waals surface area contributed by atoms with Gasteiger partial charge in [-0.05, 0) is 25.0 Å². The average molecular weight is 189 g/mol. The average Bonchev–Trinajstić information content (AvgIpc) is 2.77. The van der Waals surface area contributed by atoms with Crippen molar-refractivity contribution in [1.82, 2.24) is 0 Å². The zero-order valence-corrected chi connectivity index (χ0v) is 8.47. The van der Waals surface area contributed by atoms with Crippen LogP contribution in [0.15, 0.2) is 18.2 Å². The quantitative estimate of drug-likeness (QED) is 0.674. The van der Waals surface area contributed by atoms with Crippen LogP contribution in [0, 0.1) is 6.92 Å². The van der Waals surface area contributed by atoms with Crippen LogP contribution in [-0.4, -0.2) is 19.8 Å². The summed E-state index contributed by atoms with van der Waals surface area (Å²) in [6.45, 7) is 5.00. The van der Waals surface area contributed by atoms with Gasteiger partial charge in [0.05, 0.1) is 6.61 Å². The van der Waals surface area contributed by atoms with Crippen LogP contribution in [0.4, 0.5) is 5.69 Å². The molecule has 0 bridgehead atoms. The molecule has 74 valence electrons. The Morgan fingerprint density at radius 3 is 3.14 bits per heavy atom. The maximum atomic E-state index is 5.54. The van der Waals surface area contributed by atoms with Crippen LogP contribution in [0.3, 0.4) is 0 Å². The van der Waals surface area contributed by atoms with Crippen LogP contribution in [0.1, 0.15) is 17.5 Å². The molecule has 1 saturated heterocycles. The van der Waals surface area contributed by atoms with Crippen molar-refractivity contribution in [2.24, 2.45) is 0 Å². The van der Waals surface area contributed by atoms with Gasteiger partial charge in [-0.3, -0.25) is 0 Å². The summed E-state index contributed by atoms with van der Waals surface area (Å²) in [5.41, 5.74) is 4.40. The highest BCUT2D eigenvalue weighted by atomic mass is 16.5. The standard InChI is InChI=1S/C12H15NO/c1-9-2-3-11-10(6-9)12(7-13-11)4-5-14-8-12/h2-3,6,13H,4-5,7-8H2,1H3. The molecule has 1 atom stereocenters. The monoisotopic (exact) mass is 189 g/mol. The Hall–Kier alpha value is -1.02. The molecule has 0 aromatic heterocycles. The van der Waals surface area contributed by atoms with Gasteiger partial charge in [-0.2, -0.15) is 0 Å². The molecule has 2 heteroatoms. The molecule has 2 aliphatic heterocycles. The maximum Gasteiger partial charge on any atom is 0.0581 e. The molecular weight excluding hydrogens is 174 g/mol. The molecular formula is C12H15NO. The summed E-state index contributed by atoms with van der Waals surface area (Å²) >= 11 is 0. The SMILES string of the molecule is Cc1ccc2c(c1)C1(CCOC1)CN2. The third-order valence-electron chi connectivity index (χ3n) is 3.47. The van der Waals surface area contributed by atoms with Crippen LogP contribution >= 0.6 is 0 Å². The van der Waals surface area contributed by atoms with Crippen molar-refractivity contribution in [2.45, 2.75) is 18.8 Å². The van der Waals surface area contributed by atoms with E-state index in [0.29, 0.717) is 0 Å². The van der Waals surface area contributed by atoms with E-state index in [2.05, 4.69) is 30.4 Å². The predicted octanol–water partition coefficient (Wildman–Crippen LogP) is 2.08. The van der Waals surface area contributed by atoms with Crippen molar-refractivity contribution < 1.29 is 4.74 Å². The molecule has 1 aromatic carbocycles. The van der Waals surface area contributed by atoms with Crippen molar-refractivity contribution >= 4 is 5.69 Å². The van der Waals surface area contributed by atoms with Gasteiger partial charge >= 0.3 is 0 Å². The van der Waals surface area contributed by atoms with E-state index in [1.54, 1.807) is 0 Å². The first kappa shape index (κ1) is 8.30. The van der Waals surface area contributed by atoms with Gasteiger partial charge in [0.25, 0.3) is 0 Å². The number of ether oxygens (including phenoxy) is 1. The molecule has 1 N–H and O–H groups in total. The molecule has 14 heavy (non-hydrogen) atoms. The normalized spacial score (nSPS) is 29.2. The minimum atomic E-state index is 0.279. The molecule has 2 nitrogen and oxygen atoms in total. The molecule has 3 rings (SSSR count). The van der Waals surface area contributed by atoms with Gasteiger partial charge in [-0.1, -0.05) is 17.7 Å². The first-order valence-electron chi connectivity index (χ1n) is 5.23. The lowest BCUT2D eigenvalue weighted by molar-refractivity contribution is 0.181. The van der Waals surface area contributed by atoms with Gasteiger partial charge in [0.15, 0.2) is 0 Å². The first-order chi connectivity index (χ1) is 6.80. The van der Waals surface area contributed by atoms with Gasteiger partial charge in [-0.15, -0.1) is 0 Å². The third kappa shape index (κ3) is 1.01. The van der Waals surface area contributed by atoms with Crippen molar-refractivity contribution in [3.63, 3.8) is 0 Å². The second kappa shape index (κ2) is 2.74. The lowest BCUT2D eigenvalue weighted by atomic mass is 9.81. The summed E-state index contributed by atoms with van der Waals surface area (Å²) in [5, 5.41) is 3.48. The lowest BCUT2D eigenvalue weighted by Crippen LogP contribution is -2.28. The first-order valence-corrected chi connectivity index (χ1v) is 5.23. The number of hydrogen-bond donors (Lipinski definition) is 1. The molecule has 0 radical (unpaired) electrons. The second-order valence-electron chi connectivity index (χ2n) is 4.49.